The van der Waals surface area contributed by atoms with E-state index in [1.54, 1.807) is 4.68 Å². The molecule has 1 fully saturated rings. The average molecular weight is 505 g/mol. The molecule has 28 heavy (non-hydrogen) atoms. The first-order chi connectivity index (χ1) is 13.0. The van der Waals surface area contributed by atoms with Crippen molar-refractivity contribution in [2.75, 3.05) is 26.7 Å². The zero-order chi connectivity index (χ0) is 19.4. The van der Waals surface area contributed by atoms with Gasteiger partial charge in [-0.1, -0.05) is 6.92 Å². The molecule has 0 spiro atoms. The summed E-state index contributed by atoms with van der Waals surface area (Å²) in [5.74, 6) is 2.39. The van der Waals surface area contributed by atoms with Crippen LogP contribution in [-0.4, -0.2) is 64.0 Å². The van der Waals surface area contributed by atoms with Gasteiger partial charge < -0.3 is 10.6 Å². The normalized spacial score (nSPS) is 22.8. The first-order valence-corrected chi connectivity index (χ1v) is 10.4. The highest BCUT2D eigenvalue weighted by Gasteiger charge is 2.31. The number of guanidine groups is 1. The van der Waals surface area contributed by atoms with Gasteiger partial charge in [-0.2, -0.15) is 5.10 Å². The summed E-state index contributed by atoms with van der Waals surface area (Å²) in [6.07, 6.45) is 3.98. The third kappa shape index (κ3) is 5.49. The summed E-state index contributed by atoms with van der Waals surface area (Å²) in [7, 11) is 1.81. The zero-order valence-electron chi connectivity index (χ0n) is 17.6. The van der Waals surface area contributed by atoms with E-state index in [2.05, 4.69) is 46.4 Å². The van der Waals surface area contributed by atoms with Gasteiger partial charge in [0.05, 0.1) is 0 Å². The van der Waals surface area contributed by atoms with Gasteiger partial charge in [0.15, 0.2) is 5.96 Å². The molecule has 2 aliphatic heterocycles. The van der Waals surface area contributed by atoms with Crippen LogP contribution < -0.4 is 16.3 Å². The van der Waals surface area contributed by atoms with E-state index in [1.807, 2.05) is 11.6 Å². The van der Waals surface area contributed by atoms with E-state index in [1.165, 1.54) is 0 Å². The smallest absolute Gasteiger partial charge is 0.345 e. The van der Waals surface area contributed by atoms with E-state index in [-0.39, 0.29) is 29.7 Å². The lowest BCUT2D eigenvalue weighted by Gasteiger charge is -2.21. The van der Waals surface area contributed by atoms with E-state index < -0.39 is 0 Å². The van der Waals surface area contributed by atoms with Crippen molar-refractivity contribution < 1.29 is 0 Å². The third-order valence-corrected chi connectivity index (χ3v) is 5.79. The van der Waals surface area contributed by atoms with Crippen LogP contribution in [0, 0.1) is 5.92 Å². The number of hydrogen-bond donors (Lipinski definition) is 2. The summed E-state index contributed by atoms with van der Waals surface area (Å²) < 4.78 is 3.46. The lowest BCUT2D eigenvalue weighted by Crippen LogP contribution is -2.47. The van der Waals surface area contributed by atoms with Crippen molar-refractivity contribution in [1.29, 1.82) is 0 Å². The van der Waals surface area contributed by atoms with Crippen molar-refractivity contribution in [1.82, 2.24) is 29.9 Å². The van der Waals surface area contributed by atoms with Crippen LogP contribution in [0.15, 0.2) is 9.79 Å². The van der Waals surface area contributed by atoms with E-state index >= 15 is 0 Å². The van der Waals surface area contributed by atoms with Gasteiger partial charge >= 0.3 is 5.69 Å². The molecule has 1 saturated heterocycles. The molecule has 2 N–H and O–H groups in total. The summed E-state index contributed by atoms with van der Waals surface area (Å²) in [5, 5.41) is 11.4. The lowest BCUT2D eigenvalue weighted by atomic mass is 10.1. The van der Waals surface area contributed by atoms with Crippen LogP contribution in [0.25, 0.3) is 0 Å². The summed E-state index contributed by atoms with van der Waals surface area (Å²) in [4.78, 5) is 19.2. The second kappa shape index (κ2) is 10.6. The van der Waals surface area contributed by atoms with Gasteiger partial charge in [-0.25, -0.2) is 9.48 Å². The number of halogens is 1. The van der Waals surface area contributed by atoms with Crippen molar-refractivity contribution in [2.45, 2.75) is 71.6 Å². The average Bonchev–Trinajstić information content (AvgIpc) is 3.18. The Bertz CT molecular complexity index is 712. The molecule has 0 aliphatic carbocycles. The summed E-state index contributed by atoms with van der Waals surface area (Å²) in [6, 6.07) is 0.995. The highest BCUT2D eigenvalue weighted by Crippen LogP contribution is 2.18. The lowest BCUT2D eigenvalue weighted by molar-refractivity contribution is 0.265. The van der Waals surface area contributed by atoms with Crippen LogP contribution >= 0.6 is 24.0 Å². The van der Waals surface area contributed by atoms with Crippen LogP contribution in [0.1, 0.15) is 45.9 Å². The molecular formula is C19H36IN7O. The van der Waals surface area contributed by atoms with E-state index in [0.29, 0.717) is 24.5 Å². The van der Waals surface area contributed by atoms with Crippen molar-refractivity contribution in [2.24, 2.45) is 10.9 Å². The monoisotopic (exact) mass is 505 g/mol. The molecule has 160 valence electrons. The molecule has 0 amide bonds. The second-order valence-corrected chi connectivity index (χ2v) is 8.16. The van der Waals surface area contributed by atoms with Gasteiger partial charge in [0, 0.05) is 58.3 Å². The zero-order valence-corrected chi connectivity index (χ0v) is 20.0. The maximum absolute atomic E-state index is 12.4. The molecular weight excluding hydrogens is 469 g/mol. The topological polar surface area (TPSA) is 79.5 Å². The number of hydrogen-bond acceptors (Lipinski definition) is 4. The van der Waals surface area contributed by atoms with Gasteiger partial charge in [0.1, 0.15) is 5.82 Å². The van der Waals surface area contributed by atoms with Crippen LogP contribution in [0.4, 0.5) is 0 Å². The van der Waals surface area contributed by atoms with E-state index in [0.717, 1.165) is 63.6 Å². The number of rotatable bonds is 6. The van der Waals surface area contributed by atoms with Crippen molar-refractivity contribution in [3.8, 4) is 0 Å². The Hall–Kier alpha value is -1.10. The van der Waals surface area contributed by atoms with E-state index in [9.17, 15) is 4.79 Å². The van der Waals surface area contributed by atoms with E-state index in [4.69, 9.17) is 0 Å². The maximum Gasteiger partial charge on any atom is 0.345 e. The first kappa shape index (κ1) is 23.2. The number of nitrogens with one attached hydrogen (secondary N) is 2. The molecule has 0 aromatic carbocycles. The Balaban J connectivity index is 0.00000280. The van der Waals surface area contributed by atoms with Gasteiger partial charge in [0.25, 0.3) is 0 Å². The fourth-order valence-electron chi connectivity index (χ4n) is 4.01. The molecule has 9 heteroatoms. The minimum Gasteiger partial charge on any atom is -0.356 e. The minimum absolute atomic E-state index is 0. The van der Waals surface area contributed by atoms with Gasteiger partial charge in [-0.05, 0) is 39.0 Å². The molecule has 0 bridgehead atoms. The molecule has 0 saturated carbocycles. The number of nitrogens with zero attached hydrogens (tertiary/aromatic N) is 5. The van der Waals surface area contributed by atoms with Gasteiger partial charge in [-0.15, -0.1) is 24.0 Å². The van der Waals surface area contributed by atoms with Crippen LogP contribution in [0.5, 0.6) is 0 Å². The highest BCUT2D eigenvalue weighted by atomic mass is 127. The Labute approximate surface area is 185 Å². The van der Waals surface area contributed by atoms with Gasteiger partial charge in [-0.3, -0.25) is 14.5 Å². The molecule has 1 aromatic rings. The molecule has 3 rings (SSSR count). The predicted octanol–water partition coefficient (Wildman–Crippen LogP) is 1.28. The Morgan fingerprint density at radius 1 is 1.32 bits per heavy atom. The second-order valence-electron chi connectivity index (χ2n) is 8.16. The van der Waals surface area contributed by atoms with Crippen LogP contribution in [0.3, 0.4) is 0 Å². The molecule has 0 radical (unpaired) electrons. The largest absolute Gasteiger partial charge is 0.356 e. The number of fused-ring (bicyclic) bond motifs is 1. The number of likely N-dealkylation sites (tertiary alicyclic amines) is 1. The Morgan fingerprint density at radius 2 is 2.11 bits per heavy atom. The number of aryl methyl sites for hydroxylation is 2. The standard InChI is InChI=1S/C19H35N7O.HI/c1-14(2)24-12-15(3)16(13-24)22-18(20-4)21-9-7-11-26-19(27)25-10-6-5-8-17(25)23-26;/h14-16H,5-13H2,1-4H3,(H2,20,21,22);1H. The predicted molar refractivity (Wildman–Crippen MR) is 124 cm³/mol. The van der Waals surface area contributed by atoms with Crippen molar-refractivity contribution in [3.63, 3.8) is 0 Å². The molecule has 2 unspecified atom stereocenters. The summed E-state index contributed by atoms with van der Waals surface area (Å²) >= 11 is 0. The fourth-order valence-corrected chi connectivity index (χ4v) is 4.01. The Morgan fingerprint density at radius 3 is 2.75 bits per heavy atom. The number of aliphatic imine (C=N–C) groups is 1. The van der Waals surface area contributed by atoms with Gasteiger partial charge in [0.2, 0.25) is 0 Å². The molecule has 2 atom stereocenters. The molecule has 1 aromatic heterocycles. The molecule has 8 nitrogen and oxygen atoms in total. The summed E-state index contributed by atoms with van der Waals surface area (Å²) in [6.45, 7) is 11.2. The highest BCUT2D eigenvalue weighted by molar-refractivity contribution is 14.0. The van der Waals surface area contributed by atoms with Crippen LogP contribution in [-0.2, 0) is 19.5 Å². The van der Waals surface area contributed by atoms with Crippen molar-refractivity contribution >= 4 is 29.9 Å². The number of aromatic nitrogens is 3. The molecule has 2 aliphatic rings. The summed E-state index contributed by atoms with van der Waals surface area (Å²) in [5.41, 5.74) is 0.0424. The maximum atomic E-state index is 12.4. The minimum atomic E-state index is 0. The quantitative estimate of drug-likeness (QED) is 0.264. The van der Waals surface area contributed by atoms with Crippen LogP contribution in [0.2, 0.25) is 0 Å². The third-order valence-electron chi connectivity index (χ3n) is 5.79. The first-order valence-electron chi connectivity index (χ1n) is 10.4. The van der Waals surface area contributed by atoms with Crippen molar-refractivity contribution in [3.05, 3.63) is 16.3 Å². The SMILES string of the molecule is CN=C(NCCCn1nc2n(c1=O)CCCC2)NC1CN(C(C)C)CC1C.I. The fraction of sp³-hybridized carbons (Fsp3) is 0.842. The Kier molecular flexibility index (Phi) is 8.79. The molecule has 3 heterocycles.